The molecule has 1 aromatic carbocycles. The van der Waals surface area contributed by atoms with E-state index in [0.717, 1.165) is 16.4 Å². The van der Waals surface area contributed by atoms with Crippen LogP contribution in [0.2, 0.25) is 0 Å². The van der Waals surface area contributed by atoms with E-state index in [4.69, 9.17) is 14.2 Å². The first-order chi connectivity index (χ1) is 13.3. The van der Waals surface area contributed by atoms with E-state index in [1.807, 2.05) is 0 Å². The molecule has 8 nitrogen and oxygen atoms in total. The van der Waals surface area contributed by atoms with Crippen molar-refractivity contribution in [1.82, 2.24) is 14.9 Å². The zero-order valence-electron chi connectivity index (χ0n) is 15.1. The minimum Gasteiger partial charge on any atom is -0.493 e. The molecule has 0 radical (unpaired) electrons. The van der Waals surface area contributed by atoms with Gasteiger partial charge in [0.1, 0.15) is 5.25 Å². The highest BCUT2D eigenvalue weighted by molar-refractivity contribution is 8.00. The van der Waals surface area contributed by atoms with Crippen LogP contribution in [-0.2, 0) is 15.7 Å². The molecule has 0 spiro atoms. The Hall–Kier alpha value is -2.63. The Balaban J connectivity index is 2.06. The van der Waals surface area contributed by atoms with E-state index in [1.165, 1.54) is 14.2 Å². The number of carbonyl (C=O) groups excluding carboxylic acids is 1. The van der Waals surface area contributed by atoms with Crippen molar-refractivity contribution >= 4 is 17.7 Å². The van der Waals surface area contributed by atoms with Gasteiger partial charge in [0.25, 0.3) is 5.82 Å². The van der Waals surface area contributed by atoms with Crippen molar-refractivity contribution in [2.24, 2.45) is 0 Å². The monoisotopic (exact) mass is 418 g/mol. The second kappa shape index (κ2) is 7.78. The number of halogens is 3. The molecule has 0 bridgehead atoms. The van der Waals surface area contributed by atoms with Gasteiger partial charge in [0.2, 0.25) is 5.16 Å². The van der Waals surface area contributed by atoms with Crippen LogP contribution < -0.4 is 14.9 Å². The number of aromatic nitrogens is 3. The van der Waals surface area contributed by atoms with Gasteiger partial charge in [-0.25, -0.2) is 4.68 Å². The van der Waals surface area contributed by atoms with Crippen LogP contribution in [-0.4, -0.2) is 46.9 Å². The van der Waals surface area contributed by atoms with Gasteiger partial charge in [-0.05, 0) is 24.6 Å². The maximum atomic E-state index is 13.2. The summed E-state index contributed by atoms with van der Waals surface area (Å²) >= 11 is 0.849. The molecule has 0 saturated carbocycles. The predicted molar refractivity (Wildman–Crippen MR) is 92.9 cm³/mol. The summed E-state index contributed by atoms with van der Waals surface area (Å²) in [6, 6.07) is 3.98. The first-order valence-electron chi connectivity index (χ1n) is 8.14. The van der Waals surface area contributed by atoms with Crippen LogP contribution in [0, 0.1) is 0 Å². The molecule has 28 heavy (non-hydrogen) atoms. The number of esters is 1. The Bertz CT molecular complexity index is 874. The van der Waals surface area contributed by atoms with Gasteiger partial charge in [0, 0.05) is 0 Å². The minimum absolute atomic E-state index is 0.0814. The van der Waals surface area contributed by atoms with Gasteiger partial charge in [-0.2, -0.15) is 13.2 Å². The van der Waals surface area contributed by atoms with Gasteiger partial charge in [-0.1, -0.05) is 17.8 Å². The molecule has 12 heteroatoms. The molecule has 1 aromatic heterocycles. The Morgan fingerprint density at radius 3 is 2.57 bits per heavy atom. The molecule has 2 atom stereocenters. The fraction of sp³-hybridized carbons (Fsp3) is 0.438. The van der Waals surface area contributed by atoms with Crippen LogP contribution in [0.3, 0.4) is 0 Å². The van der Waals surface area contributed by atoms with Gasteiger partial charge in [0.15, 0.2) is 11.5 Å². The van der Waals surface area contributed by atoms with Crippen molar-refractivity contribution in [1.29, 1.82) is 0 Å². The largest absolute Gasteiger partial charge is 0.493 e. The lowest BCUT2D eigenvalue weighted by Gasteiger charge is -2.32. The van der Waals surface area contributed by atoms with Gasteiger partial charge >= 0.3 is 12.1 Å². The third-order valence-electron chi connectivity index (χ3n) is 3.98. The zero-order chi connectivity index (χ0) is 20.5. The van der Waals surface area contributed by atoms with Crippen LogP contribution in [0.4, 0.5) is 13.2 Å². The maximum absolute atomic E-state index is 13.2. The summed E-state index contributed by atoms with van der Waals surface area (Å²) in [4.78, 5) is 12.5. The highest BCUT2D eigenvalue weighted by atomic mass is 32.2. The van der Waals surface area contributed by atoms with Crippen LogP contribution >= 0.6 is 11.8 Å². The van der Waals surface area contributed by atoms with E-state index in [2.05, 4.69) is 15.6 Å². The molecule has 2 heterocycles. The third kappa shape index (κ3) is 3.68. The molecule has 1 aliphatic heterocycles. The molecule has 1 N–H and O–H groups in total. The Kier molecular flexibility index (Phi) is 5.59. The molecule has 3 rings (SSSR count). The van der Waals surface area contributed by atoms with Crippen molar-refractivity contribution in [2.75, 3.05) is 26.3 Å². The summed E-state index contributed by atoms with van der Waals surface area (Å²) in [6.45, 7) is 1.78. The number of nitrogens with zero attached hydrogens (tertiary/aromatic N) is 3. The van der Waals surface area contributed by atoms with Gasteiger partial charge in [-0.15, -0.1) is 10.2 Å². The minimum atomic E-state index is -4.71. The third-order valence-corrected chi connectivity index (χ3v) is 5.17. The first-order valence-corrected chi connectivity index (χ1v) is 9.02. The summed E-state index contributed by atoms with van der Waals surface area (Å²) in [5.41, 5.74) is 3.21. The number of alkyl halides is 3. The maximum Gasteiger partial charge on any atom is 0.453 e. The highest BCUT2D eigenvalue weighted by Crippen LogP contribution is 2.41. The molecule has 0 saturated heterocycles. The van der Waals surface area contributed by atoms with Crippen molar-refractivity contribution in [3.63, 3.8) is 0 Å². The lowest BCUT2D eigenvalue weighted by atomic mass is 10.0. The normalized spacial score (nSPS) is 18.8. The van der Waals surface area contributed by atoms with Crippen LogP contribution in [0.15, 0.2) is 23.4 Å². The molecule has 152 valence electrons. The van der Waals surface area contributed by atoms with Crippen molar-refractivity contribution in [3.05, 3.63) is 29.6 Å². The average Bonchev–Trinajstić information content (AvgIpc) is 3.10. The number of benzene rings is 1. The number of thioether (sulfide) groups is 1. The van der Waals surface area contributed by atoms with E-state index in [0.29, 0.717) is 17.1 Å². The Morgan fingerprint density at radius 2 is 1.96 bits per heavy atom. The number of carbonyl (C=O) groups is 1. The van der Waals surface area contributed by atoms with E-state index in [1.54, 1.807) is 25.1 Å². The fourth-order valence-corrected chi connectivity index (χ4v) is 3.82. The quantitative estimate of drug-likeness (QED) is 0.742. The van der Waals surface area contributed by atoms with Gasteiger partial charge in [-0.3, -0.25) is 4.79 Å². The zero-order valence-corrected chi connectivity index (χ0v) is 15.9. The lowest BCUT2D eigenvalue weighted by Crippen LogP contribution is -2.40. The van der Waals surface area contributed by atoms with Crippen LogP contribution in [0.1, 0.15) is 24.4 Å². The summed E-state index contributed by atoms with van der Waals surface area (Å²) in [5, 5.41) is 5.79. The molecule has 2 aromatic rings. The molecule has 0 amide bonds. The van der Waals surface area contributed by atoms with Gasteiger partial charge < -0.3 is 19.6 Å². The summed E-state index contributed by atoms with van der Waals surface area (Å²) < 4.78 is 56.0. The SMILES string of the molecule is CCOC(=O)[C@@H]1Sc2nnc(C(F)(F)F)n2N[C@H]1c1ccc(OC)c(OC)c1. The fourth-order valence-electron chi connectivity index (χ4n) is 2.74. The molecule has 0 aliphatic carbocycles. The number of ether oxygens (including phenoxy) is 3. The average molecular weight is 418 g/mol. The second-order valence-electron chi connectivity index (χ2n) is 5.65. The Morgan fingerprint density at radius 1 is 1.25 bits per heavy atom. The number of rotatable bonds is 5. The summed E-state index contributed by atoms with van der Waals surface area (Å²) in [5.74, 6) is -0.964. The van der Waals surface area contributed by atoms with Crippen molar-refractivity contribution in [3.8, 4) is 11.5 Å². The van der Waals surface area contributed by atoms with Gasteiger partial charge in [0.05, 0.1) is 26.9 Å². The topological polar surface area (TPSA) is 87.5 Å². The molecule has 0 fully saturated rings. The first kappa shape index (κ1) is 20.1. The van der Waals surface area contributed by atoms with Crippen LogP contribution in [0.25, 0.3) is 0 Å². The van der Waals surface area contributed by atoms with Crippen molar-refractivity contribution in [2.45, 2.75) is 29.5 Å². The standard InChI is InChI=1S/C16H17F3N4O4S/c1-4-27-13(24)12-11(8-5-6-9(25-2)10(7-8)26-3)22-23-14(16(17,18)19)20-21-15(23)28-12/h5-7,11-12,22H,4H2,1-3H3/t11-,12+/m0/s1. The van der Waals surface area contributed by atoms with E-state index in [9.17, 15) is 18.0 Å². The second-order valence-corrected chi connectivity index (χ2v) is 6.76. The number of methoxy groups -OCH3 is 2. The number of hydrogen-bond donors (Lipinski definition) is 1. The van der Waals surface area contributed by atoms with E-state index >= 15 is 0 Å². The Labute approximate surface area is 162 Å². The number of hydrogen-bond acceptors (Lipinski definition) is 8. The summed E-state index contributed by atoms with van der Waals surface area (Å²) in [6.07, 6.45) is -4.71. The number of nitrogens with one attached hydrogen (secondary N) is 1. The smallest absolute Gasteiger partial charge is 0.453 e. The molecular weight excluding hydrogens is 401 g/mol. The lowest BCUT2D eigenvalue weighted by molar-refractivity contribution is -0.147. The predicted octanol–water partition coefficient (Wildman–Crippen LogP) is 2.64. The van der Waals surface area contributed by atoms with Crippen LogP contribution in [0.5, 0.6) is 11.5 Å². The molecular formula is C16H17F3N4O4S. The molecule has 1 aliphatic rings. The summed E-state index contributed by atoms with van der Waals surface area (Å²) in [7, 11) is 2.90. The van der Waals surface area contributed by atoms with E-state index in [-0.39, 0.29) is 11.8 Å². The molecule has 0 unspecified atom stereocenters. The van der Waals surface area contributed by atoms with Crippen molar-refractivity contribution < 1.29 is 32.2 Å². The van der Waals surface area contributed by atoms with E-state index < -0.39 is 29.3 Å². The number of fused-ring (bicyclic) bond motifs is 1. The highest BCUT2D eigenvalue weighted by Gasteiger charge is 2.44.